The third-order valence-corrected chi connectivity index (χ3v) is 1.20. The van der Waals surface area contributed by atoms with Gasteiger partial charge in [0.2, 0.25) is 0 Å². The molecule has 1 unspecified atom stereocenters. The normalized spacial score (nSPS) is 23.0. The number of terminal acetylenes is 1. The van der Waals surface area contributed by atoms with Crippen LogP contribution in [0.1, 0.15) is 6.42 Å². The van der Waals surface area contributed by atoms with E-state index in [2.05, 4.69) is 10.7 Å². The highest BCUT2D eigenvalue weighted by Gasteiger charge is 2.33. The van der Waals surface area contributed by atoms with Crippen molar-refractivity contribution in [2.75, 3.05) is 6.61 Å². The van der Waals surface area contributed by atoms with Gasteiger partial charge in [0.1, 0.15) is 6.61 Å². The summed E-state index contributed by atoms with van der Waals surface area (Å²) in [6.45, 7) is 0.0209. The molecule has 1 aliphatic rings. The number of carbonyl (C=O) groups is 2. The molecule has 0 aliphatic carbocycles. The van der Waals surface area contributed by atoms with Crippen molar-refractivity contribution in [2.45, 2.75) is 12.5 Å². The van der Waals surface area contributed by atoms with E-state index in [0.717, 1.165) is 0 Å². The molecule has 0 bridgehead atoms. The second-order valence-corrected chi connectivity index (χ2v) is 2.00. The third kappa shape index (κ3) is 1.79. The molecule has 0 N–H and O–H groups in total. The van der Waals surface area contributed by atoms with Crippen LogP contribution in [0.2, 0.25) is 0 Å². The lowest BCUT2D eigenvalue weighted by molar-refractivity contribution is -0.155. The number of rotatable bonds is 2. The minimum atomic E-state index is -0.793. The molecular weight excluding hydrogens is 148 g/mol. The van der Waals surface area contributed by atoms with Crippen molar-refractivity contribution in [1.29, 1.82) is 0 Å². The third-order valence-electron chi connectivity index (χ3n) is 1.20. The second-order valence-electron chi connectivity index (χ2n) is 2.00. The van der Waals surface area contributed by atoms with Gasteiger partial charge in [0.25, 0.3) is 0 Å². The maximum absolute atomic E-state index is 10.7. The van der Waals surface area contributed by atoms with Crippen LogP contribution in [0.4, 0.5) is 0 Å². The Labute approximate surface area is 63.5 Å². The van der Waals surface area contributed by atoms with Crippen LogP contribution in [0.5, 0.6) is 0 Å². The summed E-state index contributed by atoms with van der Waals surface area (Å²) in [7, 11) is 0. The molecule has 1 rings (SSSR count). The highest BCUT2D eigenvalue weighted by Crippen LogP contribution is 2.10. The van der Waals surface area contributed by atoms with E-state index in [1.807, 2.05) is 0 Å². The van der Waals surface area contributed by atoms with Crippen molar-refractivity contribution in [3.05, 3.63) is 0 Å². The topological polar surface area (TPSA) is 52.6 Å². The van der Waals surface area contributed by atoms with Gasteiger partial charge < -0.3 is 9.47 Å². The molecule has 0 spiro atoms. The van der Waals surface area contributed by atoms with Gasteiger partial charge in [0, 0.05) is 0 Å². The summed E-state index contributed by atoms with van der Waals surface area (Å²) in [5.74, 6) is 0.982. The molecule has 0 aromatic heterocycles. The summed E-state index contributed by atoms with van der Waals surface area (Å²) in [6.07, 6.45) is 4.05. The van der Waals surface area contributed by atoms with E-state index in [1.54, 1.807) is 0 Å². The van der Waals surface area contributed by atoms with Crippen molar-refractivity contribution in [3.8, 4) is 12.3 Å². The molecule has 0 aromatic rings. The first-order valence-electron chi connectivity index (χ1n) is 3.03. The molecule has 0 aromatic carbocycles. The number of hydrogen-bond donors (Lipinski definition) is 0. The largest absolute Gasteiger partial charge is 0.391 e. The quantitative estimate of drug-likeness (QED) is 0.305. The summed E-state index contributed by atoms with van der Waals surface area (Å²) < 4.78 is 9.00. The van der Waals surface area contributed by atoms with Gasteiger partial charge >= 0.3 is 11.9 Å². The molecule has 1 aliphatic heterocycles. The van der Waals surface area contributed by atoms with Crippen molar-refractivity contribution in [3.63, 3.8) is 0 Å². The Morgan fingerprint density at radius 1 is 1.73 bits per heavy atom. The van der Waals surface area contributed by atoms with E-state index >= 15 is 0 Å². The van der Waals surface area contributed by atoms with Crippen molar-refractivity contribution in [1.82, 2.24) is 0 Å². The summed E-state index contributed by atoms with van der Waals surface area (Å²) in [5.41, 5.74) is 0. The standard InChI is InChI=1S/C7H6O4/c1-2-3-10-5-4-6(8)11-7(5)9/h1,5H,3-4H2. The van der Waals surface area contributed by atoms with E-state index in [1.165, 1.54) is 0 Å². The number of ether oxygens (including phenoxy) is 2. The average Bonchev–Trinajstić information content (AvgIpc) is 2.26. The molecule has 4 heteroatoms. The zero-order chi connectivity index (χ0) is 8.27. The minimum absolute atomic E-state index is 0.0209. The van der Waals surface area contributed by atoms with Crippen molar-refractivity contribution in [2.24, 2.45) is 0 Å². The fourth-order valence-corrected chi connectivity index (χ4v) is 0.730. The van der Waals surface area contributed by atoms with E-state index in [4.69, 9.17) is 11.2 Å². The Hall–Kier alpha value is -1.34. The highest BCUT2D eigenvalue weighted by atomic mass is 16.6. The van der Waals surface area contributed by atoms with Crippen LogP contribution in [-0.2, 0) is 19.1 Å². The van der Waals surface area contributed by atoms with E-state index in [-0.39, 0.29) is 13.0 Å². The van der Waals surface area contributed by atoms with E-state index < -0.39 is 18.0 Å². The van der Waals surface area contributed by atoms with Crippen LogP contribution in [0.3, 0.4) is 0 Å². The lowest BCUT2D eigenvalue weighted by Crippen LogP contribution is -2.18. The Bertz CT molecular complexity index is 225. The van der Waals surface area contributed by atoms with Crippen LogP contribution in [0.15, 0.2) is 0 Å². The SMILES string of the molecule is C#CCOC1CC(=O)OC1=O. The van der Waals surface area contributed by atoms with Gasteiger partial charge in [-0.3, -0.25) is 4.79 Å². The second kappa shape index (κ2) is 3.17. The first-order valence-corrected chi connectivity index (χ1v) is 3.03. The zero-order valence-corrected chi connectivity index (χ0v) is 5.70. The molecule has 58 valence electrons. The Morgan fingerprint density at radius 2 is 2.45 bits per heavy atom. The predicted molar refractivity (Wildman–Crippen MR) is 34.3 cm³/mol. The van der Waals surface area contributed by atoms with Gasteiger partial charge in [-0.05, 0) is 0 Å². The van der Waals surface area contributed by atoms with Gasteiger partial charge in [-0.1, -0.05) is 5.92 Å². The van der Waals surface area contributed by atoms with Crippen LogP contribution in [0.25, 0.3) is 0 Å². The van der Waals surface area contributed by atoms with Gasteiger partial charge in [-0.15, -0.1) is 6.42 Å². The Morgan fingerprint density at radius 3 is 2.91 bits per heavy atom. The summed E-state index contributed by atoms with van der Waals surface area (Å²) in [6, 6.07) is 0. The smallest absolute Gasteiger partial charge is 0.343 e. The van der Waals surface area contributed by atoms with Gasteiger partial charge in [-0.25, -0.2) is 4.79 Å². The van der Waals surface area contributed by atoms with Crippen LogP contribution in [0, 0.1) is 12.3 Å². The summed E-state index contributed by atoms with van der Waals surface area (Å²) in [4.78, 5) is 21.1. The predicted octanol–water partition coefficient (Wildman–Crippen LogP) is -0.522. The highest BCUT2D eigenvalue weighted by molar-refractivity contribution is 5.96. The molecule has 1 fully saturated rings. The Kier molecular flexibility index (Phi) is 2.24. The number of carbonyl (C=O) groups excluding carboxylic acids is 2. The number of cyclic esters (lactones) is 2. The van der Waals surface area contributed by atoms with Gasteiger partial charge in [0.05, 0.1) is 6.42 Å². The average molecular weight is 154 g/mol. The minimum Gasteiger partial charge on any atom is -0.391 e. The van der Waals surface area contributed by atoms with Gasteiger partial charge in [0.15, 0.2) is 6.10 Å². The molecule has 11 heavy (non-hydrogen) atoms. The molecule has 1 heterocycles. The fourth-order valence-electron chi connectivity index (χ4n) is 0.730. The lowest BCUT2D eigenvalue weighted by Gasteiger charge is -2.00. The molecule has 0 saturated carbocycles. The maximum Gasteiger partial charge on any atom is 0.343 e. The van der Waals surface area contributed by atoms with Crippen LogP contribution in [-0.4, -0.2) is 24.6 Å². The Balaban J connectivity index is 2.42. The van der Waals surface area contributed by atoms with E-state index in [9.17, 15) is 9.59 Å². The molecule has 1 saturated heterocycles. The first-order chi connectivity index (χ1) is 5.24. The first kappa shape index (κ1) is 7.76. The summed E-state index contributed by atoms with van der Waals surface area (Å²) >= 11 is 0. The molecule has 0 amide bonds. The molecule has 4 nitrogen and oxygen atoms in total. The fraction of sp³-hybridized carbons (Fsp3) is 0.429. The van der Waals surface area contributed by atoms with Crippen LogP contribution < -0.4 is 0 Å². The molecular formula is C7H6O4. The summed E-state index contributed by atoms with van der Waals surface area (Å²) in [5, 5.41) is 0. The monoisotopic (exact) mass is 154 g/mol. The van der Waals surface area contributed by atoms with Gasteiger partial charge in [-0.2, -0.15) is 0 Å². The van der Waals surface area contributed by atoms with Crippen LogP contribution >= 0.6 is 0 Å². The number of esters is 2. The number of hydrogen-bond acceptors (Lipinski definition) is 4. The van der Waals surface area contributed by atoms with E-state index in [0.29, 0.717) is 0 Å². The lowest BCUT2D eigenvalue weighted by atomic mass is 10.3. The zero-order valence-electron chi connectivity index (χ0n) is 5.70. The van der Waals surface area contributed by atoms with Crippen molar-refractivity contribution < 1.29 is 19.1 Å². The maximum atomic E-state index is 10.7. The van der Waals surface area contributed by atoms with Crippen molar-refractivity contribution >= 4 is 11.9 Å². The molecule has 0 radical (unpaired) electrons. The molecule has 1 atom stereocenters.